The summed E-state index contributed by atoms with van der Waals surface area (Å²) < 4.78 is 68.7. The van der Waals surface area contributed by atoms with Gasteiger partial charge in [0.1, 0.15) is 30.0 Å². The smallest absolute Gasteiger partial charge is 0.407 e. The second-order valence-electron chi connectivity index (χ2n) is 19.3. The van der Waals surface area contributed by atoms with E-state index in [4.69, 9.17) is 28.4 Å². The summed E-state index contributed by atoms with van der Waals surface area (Å²) >= 11 is 0. The Balaban J connectivity index is 1.40. The van der Waals surface area contributed by atoms with Gasteiger partial charge in [-0.25, -0.2) is 14.4 Å². The van der Waals surface area contributed by atoms with Gasteiger partial charge in [-0.05, 0) is 61.2 Å². The van der Waals surface area contributed by atoms with Gasteiger partial charge in [0, 0.05) is 44.2 Å². The van der Waals surface area contributed by atoms with Crippen LogP contribution in [0.2, 0.25) is 0 Å². The maximum absolute atomic E-state index is 16.1. The number of nitrogens with one attached hydrogen (secondary N) is 2. The summed E-state index contributed by atoms with van der Waals surface area (Å²) in [6, 6.07) is 22.4. The van der Waals surface area contributed by atoms with E-state index in [2.05, 4.69) is 10.6 Å². The van der Waals surface area contributed by atoms with Crippen molar-refractivity contribution in [3.8, 4) is 0 Å². The van der Waals surface area contributed by atoms with E-state index in [9.17, 15) is 52.0 Å². The third kappa shape index (κ3) is 10.1. The molecule has 4 aliphatic rings. The molecule has 11 atom stereocenters. The number of hydrogen-bond donors (Lipinski definition) is 5. The van der Waals surface area contributed by atoms with Crippen molar-refractivity contribution in [3.63, 3.8) is 0 Å². The Morgan fingerprint density at radius 3 is 1.99 bits per heavy atom. The molecule has 20 nitrogen and oxygen atoms in total. The first-order valence-electron chi connectivity index (χ1n) is 23.3. The number of ether oxygens (including phenoxy) is 6. The maximum atomic E-state index is 16.1. The van der Waals surface area contributed by atoms with Gasteiger partial charge in [0.25, 0.3) is 16.0 Å². The molecule has 0 radical (unpaired) electrons. The Bertz CT molecular complexity index is 2740. The van der Waals surface area contributed by atoms with Crippen molar-refractivity contribution in [2.24, 2.45) is 16.7 Å². The van der Waals surface area contributed by atoms with Gasteiger partial charge in [0.2, 0.25) is 0 Å². The van der Waals surface area contributed by atoms with Gasteiger partial charge in [-0.2, -0.15) is 8.42 Å². The fraction of sp³-hybridized carbons (Fsp3) is 0.471. The van der Waals surface area contributed by atoms with Gasteiger partial charge in [0.05, 0.1) is 35.3 Å². The lowest BCUT2D eigenvalue weighted by molar-refractivity contribution is -0.345. The van der Waals surface area contributed by atoms with E-state index >= 15 is 4.79 Å². The van der Waals surface area contributed by atoms with E-state index in [0.717, 1.165) is 13.8 Å². The number of Topliss-reactive ketones (excluding diaryl/α,β-unsaturated/α-hetero) is 1. The molecule has 2 amide bonds. The van der Waals surface area contributed by atoms with Crippen LogP contribution in [-0.4, -0.2) is 132 Å². The molecular weight excluding hydrogens is 961 g/mol. The van der Waals surface area contributed by atoms with Crippen LogP contribution in [0.3, 0.4) is 0 Å². The summed E-state index contributed by atoms with van der Waals surface area (Å²) in [5, 5.41) is 31.0. The molecule has 2 saturated carbocycles. The number of aliphatic hydroxyl groups is 2. The van der Waals surface area contributed by atoms with E-state index in [-0.39, 0.29) is 41.7 Å². The monoisotopic (exact) mass is 1020 g/mol. The quantitative estimate of drug-likeness (QED) is 0.0476. The largest absolute Gasteiger partial charge is 0.456 e. The average molecular weight is 1020 g/mol. The van der Waals surface area contributed by atoms with Crippen LogP contribution in [-0.2, 0) is 57.7 Å². The van der Waals surface area contributed by atoms with Gasteiger partial charge >= 0.3 is 30.0 Å². The van der Waals surface area contributed by atoms with Crippen LogP contribution in [0.5, 0.6) is 0 Å². The highest BCUT2D eigenvalue weighted by Crippen LogP contribution is 2.65. The first kappa shape index (κ1) is 53.3. The number of ketones is 1. The molecule has 386 valence electrons. The summed E-state index contributed by atoms with van der Waals surface area (Å²) in [5.41, 5.74) is -8.04. The molecule has 1 aliphatic heterocycles. The topological polar surface area (TPSA) is 294 Å². The molecule has 5 N–H and O–H groups in total. The molecule has 2 bridgehead atoms. The highest BCUT2D eigenvalue weighted by atomic mass is 32.2. The second-order valence-corrected chi connectivity index (χ2v) is 20.9. The normalized spacial score (nSPS) is 29.2. The number of rotatable bonds is 15. The highest BCUT2D eigenvalue weighted by Gasteiger charge is 2.79. The number of aliphatic hydroxyl groups excluding tert-OH is 1. The second kappa shape index (κ2) is 20.5. The standard InChI is InChI=1S/C51H58N2O18S/c1-28-34(68-46(60)39(56)38(31-17-10-7-11-18-31)53-44(58)32-19-12-8-13-20-32)26-51(62)43(70-45(59)33-21-14-9-15-22-33)41-49(6,42(57)40(67-29(2)54)37(28)48(51,4)5)35(25-36-50(41,27-66-36)71-30(3)55)69-47(61)52-23-16-24-72(63,64)65/h7-15,17-22,34-36,38-41,43,56,62H,16,23-27H2,1-6H3,(H,52,61)(H,53,58)(H,63,64,65)/t34-,35-,36+,38-,39+,40+,41-,43-,49+,50-,51+/m0/s1. The summed E-state index contributed by atoms with van der Waals surface area (Å²) in [7, 11) is -4.40. The van der Waals surface area contributed by atoms with E-state index in [0.29, 0.717) is 5.56 Å². The minimum absolute atomic E-state index is 0.0130. The minimum Gasteiger partial charge on any atom is -0.456 e. The van der Waals surface area contributed by atoms with Crippen LogP contribution < -0.4 is 10.6 Å². The number of carbonyl (C=O) groups excluding carboxylic acids is 7. The zero-order valence-corrected chi connectivity index (χ0v) is 41.2. The number of amides is 2. The fourth-order valence-corrected chi connectivity index (χ4v) is 11.5. The number of esters is 4. The summed E-state index contributed by atoms with van der Waals surface area (Å²) in [6.45, 7) is 7.18. The lowest BCUT2D eigenvalue weighted by Gasteiger charge is -2.67. The Morgan fingerprint density at radius 1 is 0.833 bits per heavy atom. The van der Waals surface area contributed by atoms with Gasteiger partial charge in [-0.1, -0.05) is 80.6 Å². The third-order valence-corrected chi connectivity index (χ3v) is 15.3. The van der Waals surface area contributed by atoms with Crippen molar-refractivity contribution in [2.45, 2.75) is 115 Å². The number of benzene rings is 3. The Hall–Kier alpha value is -6.52. The van der Waals surface area contributed by atoms with Crippen molar-refractivity contribution < 1.29 is 85.2 Å². The maximum Gasteiger partial charge on any atom is 0.407 e. The molecule has 3 aromatic carbocycles. The highest BCUT2D eigenvalue weighted by molar-refractivity contribution is 7.85. The van der Waals surface area contributed by atoms with Crippen LogP contribution in [0.1, 0.15) is 93.1 Å². The zero-order valence-electron chi connectivity index (χ0n) is 40.4. The molecule has 1 heterocycles. The lowest BCUT2D eigenvalue weighted by atomic mass is 9.44. The molecule has 0 aromatic heterocycles. The predicted octanol–water partition coefficient (Wildman–Crippen LogP) is 3.75. The molecule has 3 fully saturated rings. The molecule has 1 saturated heterocycles. The molecule has 0 spiro atoms. The van der Waals surface area contributed by atoms with Crippen LogP contribution in [0.15, 0.2) is 102 Å². The third-order valence-electron chi connectivity index (χ3n) is 14.5. The number of hydrogen-bond acceptors (Lipinski definition) is 17. The van der Waals surface area contributed by atoms with Gasteiger partial charge < -0.3 is 49.3 Å². The van der Waals surface area contributed by atoms with Crippen molar-refractivity contribution in [1.82, 2.24) is 10.6 Å². The first-order chi connectivity index (χ1) is 33.9. The lowest BCUT2D eigenvalue weighted by Crippen LogP contribution is -2.82. The van der Waals surface area contributed by atoms with Crippen molar-refractivity contribution in [2.75, 3.05) is 18.9 Å². The molecular formula is C51H58N2O18S. The van der Waals surface area contributed by atoms with Crippen LogP contribution >= 0.6 is 0 Å². The molecule has 3 aromatic rings. The molecule has 72 heavy (non-hydrogen) atoms. The van der Waals surface area contributed by atoms with E-state index < -0.39 is 141 Å². The SMILES string of the molecule is CC(=O)O[C@H]1C(=O)[C@]2(C)[C@@H](OC(=O)NCCCS(=O)(=O)O)C[C@H]3OC[C@@]3(OC(C)=O)[C@H]2[C@H](OC(=O)c2ccccc2)[C@]2(O)C[C@H](OC(=O)[C@H](O)[C@@H](NC(=O)c3ccccc3)c3ccccc3)C(C)=C1C2(C)C. The Morgan fingerprint density at radius 2 is 1.43 bits per heavy atom. The average Bonchev–Trinajstić information content (AvgIpc) is 3.32. The van der Waals surface area contributed by atoms with Gasteiger partial charge in [-0.15, -0.1) is 0 Å². The number of fused-ring (bicyclic) bond motifs is 5. The number of carbonyl (C=O) groups is 7. The van der Waals surface area contributed by atoms with Crippen LogP contribution in [0, 0.1) is 16.7 Å². The molecule has 3 aliphatic carbocycles. The summed E-state index contributed by atoms with van der Waals surface area (Å²) in [5.74, 6) is -8.24. The van der Waals surface area contributed by atoms with Crippen LogP contribution in [0.4, 0.5) is 4.79 Å². The molecule has 7 rings (SSSR count). The van der Waals surface area contributed by atoms with Crippen molar-refractivity contribution >= 4 is 51.8 Å². The fourth-order valence-electron chi connectivity index (χ4n) is 10.9. The minimum atomic E-state index is -4.40. The van der Waals surface area contributed by atoms with E-state index in [1.807, 2.05) is 0 Å². The van der Waals surface area contributed by atoms with E-state index in [1.165, 1.54) is 52.0 Å². The van der Waals surface area contributed by atoms with Crippen molar-refractivity contribution in [1.29, 1.82) is 0 Å². The predicted molar refractivity (Wildman–Crippen MR) is 251 cm³/mol. The van der Waals surface area contributed by atoms with Gasteiger partial charge in [-0.3, -0.25) is 23.7 Å². The first-order valence-corrected chi connectivity index (χ1v) is 24.9. The molecule has 21 heteroatoms. The Kier molecular flexibility index (Phi) is 15.2. The zero-order chi connectivity index (χ0) is 52.6. The summed E-state index contributed by atoms with van der Waals surface area (Å²) in [4.78, 5) is 98.9. The Labute approximate surface area is 415 Å². The van der Waals surface area contributed by atoms with Gasteiger partial charge in [0.15, 0.2) is 23.6 Å². The molecule has 0 unspecified atom stereocenters. The van der Waals surface area contributed by atoms with E-state index in [1.54, 1.807) is 66.7 Å². The van der Waals surface area contributed by atoms with Crippen molar-refractivity contribution in [3.05, 3.63) is 119 Å². The number of alkyl carbamates (subject to hydrolysis) is 1. The van der Waals surface area contributed by atoms with Crippen LogP contribution in [0.25, 0.3) is 0 Å². The summed E-state index contributed by atoms with van der Waals surface area (Å²) in [6.07, 6.45) is -12.9.